The number of pyridine rings is 1. The van der Waals surface area contributed by atoms with Gasteiger partial charge in [0, 0.05) is 11.1 Å². The van der Waals surface area contributed by atoms with Gasteiger partial charge in [-0.15, -0.1) is 0 Å². The lowest BCUT2D eigenvalue weighted by atomic mass is 10.2. The summed E-state index contributed by atoms with van der Waals surface area (Å²) in [4.78, 5) is 15.4. The summed E-state index contributed by atoms with van der Waals surface area (Å²) in [7, 11) is 0. The molecule has 0 fully saturated rings. The highest BCUT2D eigenvalue weighted by Gasteiger charge is 2.10. The Kier molecular flexibility index (Phi) is 2.52. The minimum Gasteiger partial charge on any atom is -0.478 e. The van der Waals surface area contributed by atoms with Gasteiger partial charge < -0.3 is 5.11 Å². The number of hydrogen-bond donors (Lipinski definition) is 1. The summed E-state index contributed by atoms with van der Waals surface area (Å²) in [5.41, 5.74) is 1.76. The zero-order chi connectivity index (χ0) is 13.4. The normalized spacial score (nSPS) is 10.8. The van der Waals surface area contributed by atoms with Gasteiger partial charge in [0.2, 0.25) is 0 Å². The van der Waals surface area contributed by atoms with E-state index in [0.717, 1.165) is 10.9 Å². The van der Waals surface area contributed by atoms with Crippen LogP contribution in [0.1, 0.15) is 16.1 Å². The summed E-state index contributed by atoms with van der Waals surface area (Å²) in [5, 5.41) is 14.3. The number of aryl methyl sites for hydroxylation is 1. The first-order chi connectivity index (χ1) is 9.15. The molecule has 0 saturated heterocycles. The second-order valence-corrected chi connectivity index (χ2v) is 4.28. The van der Waals surface area contributed by atoms with E-state index in [2.05, 4.69) is 10.1 Å². The fraction of sp³-hybridized carbons (Fsp3) is 0.0714. The maximum atomic E-state index is 11.1. The zero-order valence-corrected chi connectivity index (χ0v) is 10.2. The van der Waals surface area contributed by atoms with Gasteiger partial charge in [0.05, 0.1) is 17.3 Å². The second-order valence-electron chi connectivity index (χ2n) is 4.28. The number of aromatic nitrogens is 3. The molecule has 0 aliphatic carbocycles. The third kappa shape index (κ3) is 1.95. The minimum absolute atomic E-state index is 0.210. The van der Waals surface area contributed by atoms with Crippen LogP contribution in [-0.4, -0.2) is 25.8 Å². The highest BCUT2D eigenvalue weighted by atomic mass is 16.4. The molecule has 5 heteroatoms. The molecular formula is C14H11N3O2. The van der Waals surface area contributed by atoms with Gasteiger partial charge in [0.25, 0.3) is 0 Å². The number of benzene rings is 1. The molecule has 1 N–H and O–H groups in total. The lowest BCUT2D eigenvalue weighted by Crippen LogP contribution is -2.05. The molecule has 3 aromatic rings. The maximum absolute atomic E-state index is 11.1. The highest BCUT2D eigenvalue weighted by Crippen LogP contribution is 2.18. The van der Waals surface area contributed by atoms with Gasteiger partial charge in [-0.05, 0) is 25.1 Å². The van der Waals surface area contributed by atoms with Crippen LogP contribution < -0.4 is 0 Å². The van der Waals surface area contributed by atoms with Crippen LogP contribution in [0, 0.1) is 6.92 Å². The number of carboxylic acid groups (broad SMARTS) is 1. The minimum atomic E-state index is -0.969. The van der Waals surface area contributed by atoms with E-state index in [9.17, 15) is 4.79 Å². The molecule has 0 radical (unpaired) electrons. The quantitative estimate of drug-likeness (QED) is 0.761. The van der Waals surface area contributed by atoms with E-state index in [0.29, 0.717) is 11.5 Å². The number of rotatable bonds is 2. The smallest absolute Gasteiger partial charge is 0.335 e. The number of hydrogen-bond acceptors (Lipinski definition) is 3. The van der Waals surface area contributed by atoms with Crippen molar-refractivity contribution in [3.05, 3.63) is 53.9 Å². The van der Waals surface area contributed by atoms with Gasteiger partial charge in [-0.2, -0.15) is 5.10 Å². The van der Waals surface area contributed by atoms with Crippen LogP contribution in [0.3, 0.4) is 0 Å². The fourth-order valence-corrected chi connectivity index (χ4v) is 2.04. The van der Waals surface area contributed by atoms with Crippen molar-refractivity contribution in [2.75, 3.05) is 0 Å². The predicted molar refractivity (Wildman–Crippen MR) is 70.6 cm³/mol. The molecule has 94 valence electrons. The van der Waals surface area contributed by atoms with E-state index in [-0.39, 0.29) is 5.56 Å². The van der Waals surface area contributed by atoms with Crippen molar-refractivity contribution in [2.24, 2.45) is 0 Å². The standard InChI is InChI=1S/C14H11N3O2/c1-9-6-11(14(18)19)7-13(16-9)17-12-5-3-2-4-10(12)8-15-17/h2-8H,1H3,(H,18,19). The molecule has 19 heavy (non-hydrogen) atoms. The molecular weight excluding hydrogens is 242 g/mol. The third-order valence-electron chi connectivity index (χ3n) is 2.88. The van der Waals surface area contributed by atoms with Gasteiger partial charge in [0.15, 0.2) is 5.82 Å². The summed E-state index contributed by atoms with van der Waals surface area (Å²) in [5.74, 6) is -0.457. The molecule has 0 aliphatic heterocycles. The molecule has 2 aromatic heterocycles. The van der Waals surface area contributed by atoms with Crippen LogP contribution >= 0.6 is 0 Å². The van der Waals surface area contributed by atoms with E-state index in [1.54, 1.807) is 17.8 Å². The van der Waals surface area contributed by atoms with Crippen LogP contribution in [0.25, 0.3) is 16.7 Å². The summed E-state index contributed by atoms with van der Waals surface area (Å²) in [6.45, 7) is 1.77. The van der Waals surface area contributed by atoms with Crippen LogP contribution in [0.2, 0.25) is 0 Å². The summed E-state index contributed by atoms with van der Waals surface area (Å²) >= 11 is 0. The van der Waals surface area contributed by atoms with Gasteiger partial charge in [-0.3, -0.25) is 0 Å². The Hall–Kier alpha value is -2.69. The van der Waals surface area contributed by atoms with Gasteiger partial charge in [0.1, 0.15) is 0 Å². The summed E-state index contributed by atoms with van der Waals surface area (Å²) in [6, 6.07) is 10.8. The van der Waals surface area contributed by atoms with Crippen molar-refractivity contribution in [2.45, 2.75) is 6.92 Å². The molecule has 0 saturated carbocycles. The van der Waals surface area contributed by atoms with Crippen LogP contribution in [0.15, 0.2) is 42.6 Å². The molecule has 0 unspecified atom stereocenters. The Morgan fingerprint density at radius 3 is 2.84 bits per heavy atom. The first-order valence-corrected chi connectivity index (χ1v) is 5.80. The lowest BCUT2D eigenvalue weighted by Gasteiger charge is -2.05. The van der Waals surface area contributed by atoms with E-state index >= 15 is 0 Å². The lowest BCUT2D eigenvalue weighted by molar-refractivity contribution is 0.0696. The Morgan fingerprint density at radius 1 is 1.26 bits per heavy atom. The molecule has 0 atom stereocenters. The largest absolute Gasteiger partial charge is 0.478 e. The van der Waals surface area contributed by atoms with Crippen molar-refractivity contribution in [3.63, 3.8) is 0 Å². The van der Waals surface area contributed by atoms with E-state index in [1.807, 2.05) is 24.3 Å². The zero-order valence-electron chi connectivity index (χ0n) is 10.2. The van der Waals surface area contributed by atoms with Gasteiger partial charge in [-0.25, -0.2) is 14.5 Å². The SMILES string of the molecule is Cc1cc(C(=O)O)cc(-n2ncc3ccccc32)n1. The van der Waals surface area contributed by atoms with Crippen molar-refractivity contribution in [1.29, 1.82) is 0 Å². The van der Waals surface area contributed by atoms with E-state index in [1.165, 1.54) is 12.1 Å². The average molecular weight is 253 g/mol. The number of carbonyl (C=O) groups is 1. The summed E-state index contributed by atoms with van der Waals surface area (Å²) < 4.78 is 1.65. The fourth-order valence-electron chi connectivity index (χ4n) is 2.04. The summed E-state index contributed by atoms with van der Waals surface area (Å²) in [6.07, 6.45) is 1.74. The van der Waals surface area contributed by atoms with Gasteiger partial charge >= 0.3 is 5.97 Å². The Bertz CT molecular complexity index is 777. The average Bonchev–Trinajstić information content (AvgIpc) is 2.81. The second kappa shape index (κ2) is 4.20. The first kappa shape index (κ1) is 11.4. The van der Waals surface area contributed by atoms with Crippen molar-refractivity contribution in [3.8, 4) is 5.82 Å². The Labute approximate surface area is 109 Å². The molecule has 3 rings (SSSR count). The molecule has 5 nitrogen and oxygen atoms in total. The third-order valence-corrected chi connectivity index (χ3v) is 2.88. The monoisotopic (exact) mass is 253 g/mol. The number of para-hydroxylation sites is 1. The van der Waals surface area contributed by atoms with Crippen LogP contribution in [-0.2, 0) is 0 Å². The van der Waals surface area contributed by atoms with Crippen molar-refractivity contribution >= 4 is 16.9 Å². The number of nitrogens with zero attached hydrogens (tertiary/aromatic N) is 3. The number of aromatic carboxylic acids is 1. The number of carboxylic acids is 1. The molecule has 1 aromatic carbocycles. The van der Waals surface area contributed by atoms with Gasteiger partial charge in [-0.1, -0.05) is 18.2 Å². The van der Waals surface area contributed by atoms with Crippen molar-refractivity contribution < 1.29 is 9.90 Å². The highest BCUT2D eigenvalue weighted by molar-refractivity contribution is 5.88. The molecule has 0 spiro atoms. The predicted octanol–water partition coefficient (Wildman–Crippen LogP) is 2.43. The molecule has 2 heterocycles. The molecule has 0 amide bonds. The molecule has 0 bridgehead atoms. The Morgan fingerprint density at radius 2 is 2.05 bits per heavy atom. The topological polar surface area (TPSA) is 68.0 Å². The van der Waals surface area contributed by atoms with Crippen LogP contribution in [0.5, 0.6) is 0 Å². The Balaban J connectivity index is 2.24. The molecule has 0 aliphatic rings. The van der Waals surface area contributed by atoms with E-state index < -0.39 is 5.97 Å². The number of fused-ring (bicyclic) bond motifs is 1. The maximum Gasteiger partial charge on any atom is 0.335 e. The first-order valence-electron chi connectivity index (χ1n) is 5.80. The van der Waals surface area contributed by atoms with E-state index in [4.69, 9.17) is 5.11 Å². The van der Waals surface area contributed by atoms with Crippen molar-refractivity contribution in [1.82, 2.24) is 14.8 Å². The van der Waals surface area contributed by atoms with Crippen LogP contribution in [0.4, 0.5) is 0 Å².